The molecule has 28 heavy (non-hydrogen) atoms. The highest BCUT2D eigenvalue weighted by atomic mass is 16.5. The number of nitrogens with zero attached hydrogens (tertiary/aromatic N) is 2. The summed E-state index contributed by atoms with van der Waals surface area (Å²) < 4.78 is 10.9. The van der Waals surface area contributed by atoms with Crippen LogP contribution in [0.3, 0.4) is 0 Å². The molecule has 0 spiro atoms. The average molecular weight is 379 g/mol. The van der Waals surface area contributed by atoms with E-state index in [1.54, 1.807) is 7.11 Å². The van der Waals surface area contributed by atoms with Crippen molar-refractivity contribution in [2.45, 2.75) is 26.2 Å². The quantitative estimate of drug-likeness (QED) is 0.718. The average Bonchev–Trinajstić information content (AvgIpc) is 3.08. The number of hydrogen-bond acceptors (Lipinski definition) is 4. The summed E-state index contributed by atoms with van der Waals surface area (Å²) in [4.78, 5) is 18.8. The zero-order valence-corrected chi connectivity index (χ0v) is 16.3. The number of likely N-dealkylation sites (tertiary alicyclic amines) is 1. The van der Waals surface area contributed by atoms with E-state index in [2.05, 4.69) is 16.4 Å². The summed E-state index contributed by atoms with van der Waals surface area (Å²) >= 11 is 0. The predicted molar refractivity (Wildman–Crippen MR) is 109 cm³/mol. The molecule has 2 heterocycles. The molecule has 1 saturated heterocycles. The fraction of sp³-hybridized carbons (Fsp3) is 0.364. The molecule has 146 valence electrons. The van der Waals surface area contributed by atoms with Gasteiger partial charge in [0.25, 0.3) is 0 Å². The lowest BCUT2D eigenvalue weighted by molar-refractivity contribution is 0.182. The van der Waals surface area contributed by atoms with Crippen molar-refractivity contribution in [3.8, 4) is 5.75 Å². The molecule has 0 bridgehead atoms. The van der Waals surface area contributed by atoms with E-state index in [1.807, 2.05) is 48.2 Å². The Morgan fingerprint density at radius 3 is 2.82 bits per heavy atom. The summed E-state index contributed by atoms with van der Waals surface area (Å²) in [7, 11) is 1.71. The van der Waals surface area contributed by atoms with Crippen LogP contribution in [0.2, 0.25) is 0 Å². The molecule has 0 radical (unpaired) electrons. The van der Waals surface area contributed by atoms with Crippen molar-refractivity contribution in [3.05, 3.63) is 53.9 Å². The second-order valence-electron chi connectivity index (χ2n) is 7.29. The molecule has 2 aromatic carbocycles. The van der Waals surface area contributed by atoms with Crippen LogP contribution in [-0.4, -0.2) is 36.1 Å². The molecule has 1 aromatic heterocycles. The molecule has 1 aliphatic rings. The number of anilines is 1. The molecular weight excluding hydrogens is 354 g/mol. The number of carbonyl (C=O) groups excluding carboxylic acids is 1. The van der Waals surface area contributed by atoms with Gasteiger partial charge in [0.1, 0.15) is 11.3 Å². The van der Waals surface area contributed by atoms with Crippen LogP contribution >= 0.6 is 0 Å². The zero-order valence-electron chi connectivity index (χ0n) is 16.3. The van der Waals surface area contributed by atoms with Crippen LogP contribution < -0.4 is 10.1 Å². The van der Waals surface area contributed by atoms with Gasteiger partial charge in [-0.3, -0.25) is 0 Å². The van der Waals surface area contributed by atoms with Gasteiger partial charge in [-0.25, -0.2) is 9.78 Å². The lowest BCUT2D eigenvalue weighted by atomic mass is 9.90. The number of nitrogens with one attached hydrogen (secondary N) is 1. The number of ether oxygens (including phenoxy) is 1. The number of hydrogen-bond donors (Lipinski definition) is 1. The predicted octanol–water partition coefficient (Wildman–Crippen LogP) is 4.63. The molecule has 1 fully saturated rings. The highest BCUT2D eigenvalue weighted by Crippen LogP contribution is 2.27. The van der Waals surface area contributed by atoms with E-state index >= 15 is 0 Å². The zero-order chi connectivity index (χ0) is 19.5. The van der Waals surface area contributed by atoms with E-state index in [9.17, 15) is 4.79 Å². The molecule has 0 atom stereocenters. The van der Waals surface area contributed by atoms with Gasteiger partial charge < -0.3 is 19.4 Å². The Hall–Kier alpha value is -3.02. The number of fused-ring (bicyclic) bond motifs is 1. The Labute approximate surface area is 164 Å². The van der Waals surface area contributed by atoms with E-state index in [0.29, 0.717) is 11.8 Å². The molecule has 6 heteroatoms. The van der Waals surface area contributed by atoms with Crippen molar-refractivity contribution in [1.82, 2.24) is 9.88 Å². The number of rotatable bonds is 4. The van der Waals surface area contributed by atoms with Gasteiger partial charge in [-0.05, 0) is 55.0 Å². The van der Waals surface area contributed by atoms with Crippen molar-refractivity contribution >= 4 is 22.8 Å². The number of carbonyl (C=O) groups is 1. The van der Waals surface area contributed by atoms with Crippen molar-refractivity contribution < 1.29 is 13.9 Å². The summed E-state index contributed by atoms with van der Waals surface area (Å²) in [5.41, 5.74) is 3.46. The minimum absolute atomic E-state index is 0.0599. The van der Waals surface area contributed by atoms with Gasteiger partial charge in [-0.1, -0.05) is 18.2 Å². The second kappa shape index (κ2) is 7.92. The molecule has 1 N–H and O–H groups in total. The molecule has 0 aliphatic carbocycles. The van der Waals surface area contributed by atoms with Gasteiger partial charge in [-0.15, -0.1) is 0 Å². The Morgan fingerprint density at radius 1 is 1.25 bits per heavy atom. The van der Waals surface area contributed by atoms with Crippen LogP contribution in [0.25, 0.3) is 11.1 Å². The lowest BCUT2D eigenvalue weighted by Crippen LogP contribution is -2.41. The van der Waals surface area contributed by atoms with Crippen LogP contribution in [0.5, 0.6) is 5.75 Å². The van der Waals surface area contributed by atoms with Crippen molar-refractivity contribution in [2.24, 2.45) is 5.92 Å². The maximum atomic E-state index is 12.6. The summed E-state index contributed by atoms with van der Waals surface area (Å²) in [6.45, 7) is 3.33. The molecule has 1 aliphatic heterocycles. The fourth-order valence-electron chi connectivity index (χ4n) is 3.85. The monoisotopic (exact) mass is 379 g/mol. The number of amides is 2. The number of piperidine rings is 1. The van der Waals surface area contributed by atoms with Crippen molar-refractivity contribution in [2.75, 3.05) is 25.5 Å². The first kappa shape index (κ1) is 18.3. The second-order valence-corrected chi connectivity index (χ2v) is 7.29. The Kier molecular flexibility index (Phi) is 5.19. The summed E-state index contributed by atoms with van der Waals surface area (Å²) in [6, 6.07) is 13.6. The first-order valence-corrected chi connectivity index (χ1v) is 9.67. The summed E-state index contributed by atoms with van der Waals surface area (Å²) in [5, 5.41) is 2.98. The van der Waals surface area contributed by atoms with Crippen LogP contribution in [0.4, 0.5) is 10.5 Å². The van der Waals surface area contributed by atoms with Crippen LogP contribution in [0.15, 0.2) is 46.9 Å². The Balaban J connectivity index is 1.33. The number of para-hydroxylation sites is 1. The van der Waals surface area contributed by atoms with Crippen LogP contribution in [-0.2, 0) is 6.42 Å². The number of urea groups is 1. The minimum atomic E-state index is -0.0599. The summed E-state index contributed by atoms with van der Waals surface area (Å²) in [6.07, 6.45) is 2.97. The molecular formula is C22H25N3O3. The van der Waals surface area contributed by atoms with Crippen molar-refractivity contribution in [3.63, 3.8) is 0 Å². The number of aryl methyl sites for hydroxylation is 1. The van der Waals surface area contributed by atoms with Gasteiger partial charge >= 0.3 is 6.03 Å². The van der Waals surface area contributed by atoms with Crippen LogP contribution in [0, 0.1) is 12.8 Å². The first-order chi connectivity index (χ1) is 13.6. The topological polar surface area (TPSA) is 67.6 Å². The van der Waals surface area contributed by atoms with E-state index in [0.717, 1.165) is 54.9 Å². The molecule has 6 nitrogen and oxygen atoms in total. The Bertz CT molecular complexity index is 974. The first-order valence-electron chi connectivity index (χ1n) is 9.67. The molecule has 4 rings (SSSR count). The third kappa shape index (κ3) is 3.96. The third-order valence-corrected chi connectivity index (χ3v) is 5.35. The van der Waals surface area contributed by atoms with Gasteiger partial charge in [0, 0.05) is 25.7 Å². The molecule has 3 aromatic rings. The van der Waals surface area contributed by atoms with E-state index < -0.39 is 0 Å². The minimum Gasteiger partial charge on any atom is -0.496 e. The van der Waals surface area contributed by atoms with Gasteiger partial charge in [0.2, 0.25) is 0 Å². The maximum absolute atomic E-state index is 12.6. The fourth-order valence-corrected chi connectivity index (χ4v) is 3.85. The number of aromatic nitrogens is 1. The van der Waals surface area contributed by atoms with Crippen LogP contribution in [0.1, 0.15) is 24.3 Å². The van der Waals surface area contributed by atoms with E-state index in [4.69, 9.17) is 9.15 Å². The van der Waals surface area contributed by atoms with Gasteiger partial charge in [-0.2, -0.15) is 0 Å². The molecule has 0 saturated carbocycles. The molecule has 2 amide bonds. The third-order valence-electron chi connectivity index (χ3n) is 5.35. The summed E-state index contributed by atoms with van der Waals surface area (Å²) in [5.74, 6) is 2.13. The van der Waals surface area contributed by atoms with Gasteiger partial charge in [0.15, 0.2) is 11.5 Å². The van der Waals surface area contributed by atoms with E-state index in [-0.39, 0.29) is 6.03 Å². The highest BCUT2D eigenvalue weighted by Gasteiger charge is 2.24. The number of oxazole rings is 1. The smallest absolute Gasteiger partial charge is 0.321 e. The normalized spacial score (nSPS) is 15.0. The highest BCUT2D eigenvalue weighted by molar-refractivity contribution is 5.91. The number of methoxy groups -OCH3 is 1. The van der Waals surface area contributed by atoms with Gasteiger partial charge in [0.05, 0.1) is 7.11 Å². The SMILES string of the molecule is COc1ccccc1CC1CCN(C(=O)Nc2ccc3oc(C)nc3c2)CC1. The lowest BCUT2D eigenvalue weighted by Gasteiger charge is -2.32. The van der Waals surface area contributed by atoms with Crippen molar-refractivity contribution in [1.29, 1.82) is 0 Å². The largest absolute Gasteiger partial charge is 0.496 e. The van der Waals surface area contributed by atoms with E-state index in [1.165, 1.54) is 5.56 Å². The Morgan fingerprint density at radius 2 is 2.04 bits per heavy atom. The number of benzene rings is 2. The standard InChI is InChI=1S/C22H25N3O3/c1-15-23-19-14-18(7-8-21(19)28-15)24-22(26)25-11-9-16(10-12-25)13-17-5-3-4-6-20(17)27-2/h3-8,14,16H,9-13H2,1-2H3,(H,24,26). The maximum Gasteiger partial charge on any atom is 0.321 e. The molecule has 0 unspecified atom stereocenters.